The quantitative estimate of drug-likeness (QED) is 0.779. The fourth-order valence-corrected chi connectivity index (χ4v) is 4.00. The van der Waals surface area contributed by atoms with Gasteiger partial charge in [-0.05, 0) is 29.7 Å². The molecule has 1 amide bonds. The van der Waals surface area contributed by atoms with Gasteiger partial charge in [0.25, 0.3) is 5.91 Å². The van der Waals surface area contributed by atoms with Crippen molar-refractivity contribution in [3.05, 3.63) is 53.1 Å². The Hall–Kier alpha value is -3.57. The lowest BCUT2D eigenvalue weighted by atomic mass is 9.93. The fraction of sp³-hybridized carbons (Fsp3) is 0.375. The number of benzene rings is 2. The van der Waals surface area contributed by atoms with Gasteiger partial charge in [-0.1, -0.05) is 32.9 Å². The number of amides is 1. The highest BCUT2D eigenvalue weighted by atomic mass is 16.7. The van der Waals surface area contributed by atoms with Gasteiger partial charge in [0.15, 0.2) is 11.5 Å². The summed E-state index contributed by atoms with van der Waals surface area (Å²) in [5.74, 6) is -0.544. The number of carboxylic acids is 1. The number of hydrogen-bond donors (Lipinski definition) is 1. The number of carbonyl (C=O) groups is 2. The third-order valence-corrected chi connectivity index (χ3v) is 5.27. The van der Waals surface area contributed by atoms with Gasteiger partial charge in [0.05, 0.1) is 18.1 Å². The van der Waals surface area contributed by atoms with Crippen LogP contribution in [0.2, 0.25) is 0 Å². The lowest BCUT2D eigenvalue weighted by molar-refractivity contribution is -0.147. The molecular formula is C24H24N2O6. The first-order valence-electron chi connectivity index (χ1n) is 10.3. The fourth-order valence-electron chi connectivity index (χ4n) is 4.00. The van der Waals surface area contributed by atoms with E-state index < -0.39 is 30.5 Å². The van der Waals surface area contributed by atoms with Crippen molar-refractivity contribution in [1.82, 2.24) is 0 Å². The largest absolute Gasteiger partial charge is 0.481 e. The average molecular weight is 436 g/mol. The second kappa shape index (κ2) is 8.17. The maximum absolute atomic E-state index is 13.5. The van der Waals surface area contributed by atoms with E-state index in [1.165, 1.54) is 0 Å². The molecule has 8 nitrogen and oxygen atoms in total. The van der Waals surface area contributed by atoms with Crippen molar-refractivity contribution in [3.8, 4) is 17.6 Å². The number of nitriles is 1. The van der Waals surface area contributed by atoms with E-state index >= 15 is 0 Å². The number of rotatable bonds is 4. The number of anilines is 1. The van der Waals surface area contributed by atoms with Crippen molar-refractivity contribution in [2.75, 3.05) is 18.2 Å². The van der Waals surface area contributed by atoms with Gasteiger partial charge in [0.1, 0.15) is 12.2 Å². The minimum absolute atomic E-state index is 0.0534. The predicted molar refractivity (Wildman–Crippen MR) is 114 cm³/mol. The smallest absolute Gasteiger partial charge is 0.306 e. The summed E-state index contributed by atoms with van der Waals surface area (Å²) in [6, 6.07) is 12.5. The molecule has 2 atom stereocenters. The third-order valence-electron chi connectivity index (χ3n) is 5.27. The molecule has 4 rings (SSSR count). The predicted octanol–water partition coefficient (Wildman–Crippen LogP) is 3.63. The number of carboxylic acid groups (broad SMARTS) is 1. The van der Waals surface area contributed by atoms with Gasteiger partial charge in [-0.15, -0.1) is 0 Å². The highest BCUT2D eigenvalue weighted by Gasteiger charge is 2.40. The van der Waals surface area contributed by atoms with Gasteiger partial charge in [0.2, 0.25) is 6.79 Å². The highest BCUT2D eigenvalue weighted by molar-refractivity contribution is 6.00. The number of nitrogens with zero attached hydrogens (tertiary/aromatic N) is 2. The Morgan fingerprint density at radius 2 is 2.00 bits per heavy atom. The first-order chi connectivity index (χ1) is 15.2. The SMILES string of the molecule is CC(C)(C)CN1C(=O)[C@@H](CC(=O)O)O[C@H](c2cccc3c2OCO3)c2cc(C#N)ccc21. The summed E-state index contributed by atoms with van der Waals surface area (Å²) >= 11 is 0. The zero-order valence-electron chi connectivity index (χ0n) is 18.1. The molecular weight excluding hydrogens is 412 g/mol. The van der Waals surface area contributed by atoms with E-state index in [9.17, 15) is 20.0 Å². The summed E-state index contributed by atoms with van der Waals surface area (Å²) in [5, 5.41) is 19.0. The topological polar surface area (TPSA) is 109 Å². The van der Waals surface area contributed by atoms with Gasteiger partial charge in [-0.3, -0.25) is 9.59 Å². The molecule has 32 heavy (non-hydrogen) atoms. The van der Waals surface area contributed by atoms with Gasteiger partial charge >= 0.3 is 5.97 Å². The van der Waals surface area contributed by atoms with Crippen LogP contribution in [0.5, 0.6) is 11.5 Å². The Morgan fingerprint density at radius 3 is 2.69 bits per heavy atom. The number of para-hydroxylation sites is 1. The molecule has 2 aliphatic rings. The molecule has 2 aromatic rings. The molecule has 166 valence electrons. The van der Waals surface area contributed by atoms with Crippen molar-refractivity contribution in [3.63, 3.8) is 0 Å². The molecule has 0 radical (unpaired) electrons. The summed E-state index contributed by atoms with van der Waals surface area (Å²) in [4.78, 5) is 26.7. The molecule has 8 heteroatoms. The Morgan fingerprint density at radius 1 is 1.22 bits per heavy atom. The summed E-state index contributed by atoms with van der Waals surface area (Å²) < 4.78 is 17.4. The van der Waals surface area contributed by atoms with E-state index in [2.05, 4.69) is 6.07 Å². The standard InChI is InChI=1S/C24H24N2O6/c1-24(2,3)12-26-17-8-7-14(11-25)9-16(17)21(32-19(23(26)29)10-20(27)28)15-5-4-6-18-22(15)31-13-30-18/h4-9,19,21H,10,12-13H2,1-3H3,(H,27,28)/t19-,21-/m1/s1. The van der Waals surface area contributed by atoms with Crippen molar-refractivity contribution in [2.24, 2.45) is 5.41 Å². The maximum atomic E-state index is 13.5. The van der Waals surface area contributed by atoms with Crippen LogP contribution in [0.25, 0.3) is 0 Å². The monoisotopic (exact) mass is 436 g/mol. The second-order valence-corrected chi connectivity index (χ2v) is 9.05. The Balaban J connectivity index is 1.93. The number of ether oxygens (including phenoxy) is 3. The summed E-state index contributed by atoms with van der Waals surface area (Å²) in [6.45, 7) is 6.39. The Bertz CT molecular complexity index is 1110. The van der Waals surface area contributed by atoms with Crippen molar-refractivity contribution >= 4 is 17.6 Å². The van der Waals surface area contributed by atoms with Crippen LogP contribution >= 0.6 is 0 Å². The van der Waals surface area contributed by atoms with Crippen LogP contribution in [0.1, 0.15) is 50.0 Å². The van der Waals surface area contributed by atoms with Gasteiger partial charge < -0.3 is 24.2 Å². The molecule has 0 saturated heterocycles. The van der Waals surface area contributed by atoms with E-state index in [0.29, 0.717) is 40.4 Å². The third kappa shape index (κ3) is 4.12. The molecule has 2 aliphatic heterocycles. The molecule has 2 heterocycles. The molecule has 2 aromatic carbocycles. The molecule has 0 aliphatic carbocycles. The normalized spacial score (nSPS) is 19.8. The van der Waals surface area contributed by atoms with Crippen LogP contribution in [0.15, 0.2) is 36.4 Å². The summed E-state index contributed by atoms with van der Waals surface area (Å²) in [6.07, 6.45) is -2.52. The first kappa shape index (κ1) is 21.7. The molecule has 0 fully saturated rings. The Kier molecular flexibility index (Phi) is 5.53. The minimum atomic E-state index is -1.21. The van der Waals surface area contributed by atoms with Crippen molar-refractivity contribution in [2.45, 2.75) is 39.4 Å². The summed E-state index contributed by atoms with van der Waals surface area (Å²) in [7, 11) is 0. The Labute approximate surface area is 185 Å². The highest BCUT2D eigenvalue weighted by Crippen LogP contribution is 2.46. The van der Waals surface area contributed by atoms with Crippen molar-refractivity contribution in [1.29, 1.82) is 5.26 Å². The first-order valence-corrected chi connectivity index (χ1v) is 10.3. The number of fused-ring (bicyclic) bond motifs is 2. The number of hydrogen-bond acceptors (Lipinski definition) is 6. The molecule has 1 N–H and O–H groups in total. The van der Waals surface area contributed by atoms with Crippen LogP contribution in [0.3, 0.4) is 0 Å². The van der Waals surface area contributed by atoms with Crippen LogP contribution in [0, 0.1) is 16.7 Å². The lowest BCUT2D eigenvalue weighted by Gasteiger charge is -2.31. The zero-order valence-corrected chi connectivity index (χ0v) is 18.1. The van der Waals surface area contributed by atoms with Crippen molar-refractivity contribution < 1.29 is 28.9 Å². The van der Waals surface area contributed by atoms with E-state index in [1.807, 2.05) is 20.8 Å². The maximum Gasteiger partial charge on any atom is 0.306 e. The molecule has 0 saturated carbocycles. The number of carbonyl (C=O) groups excluding carboxylic acids is 1. The molecule has 0 spiro atoms. The van der Waals surface area contributed by atoms with Crippen LogP contribution in [-0.2, 0) is 14.3 Å². The van der Waals surface area contributed by atoms with E-state index in [-0.39, 0.29) is 12.2 Å². The van der Waals surface area contributed by atoms with E-state index in [1.54, 1.807) is 41.3 Å². The van der Waals surface area contributed by atoms with Gasteiger partial charge in [0, 0.05) is 23.4 Å². The second-order valence-electron chi connectivity index (χ2n) is 9.05. The van der Waals surface area contributed by atoms with Crippen LogP contribution in [-0.4, -0.2) is 36.4 Å². The number of aliphatic carboxylic acids is 1. The minimum Gasteiger partial charge on any atom is -0.481 e. The van der Waals surface area contributed by atoms with Gasteiger partial charge in [-0.2, -0.15) is 5.26 Å². The zero-order chi connectivity index (χ0) is 23.0. The average Bonchev–Trinajstić information content (AvgIpc) is 3.19. The van der Waals surface area contributed by atoms with Crippen LogP contribution in [0.4, 0.5) is 5.69 Å². The molecule has 0 aromatic heterocycles. The van der Waals surface area contributed by atoms with E-state index in [0.717, 1.165) is 0 Å². The van der Waals surface area contributed by atoms with E-state index in [4.69, 9.17) is 14.2 Å². The van der Waals surface area contributed by atoms with Gasteiger partial charge in [-0.25, -0.2) is 0 Å². The molecule has 0 bridgehead atoms. The van der Waals surface area contributed by atoms with Crippen LogP contribution < -0.4 is 14.4 Å². The lowest BCUT2D eigenvalue weighted by Crippen LogP contribution is -2.44. The summed E-state index contributed by atoms with van der Waals surface area (Å²) in [5.41, 5.74) is 1.93. The molecule has 0 unspecified atom stereocenters.